The van der Waals surface area contributed by atoms with Crippen LogP contribution in [0, 0.1) is 0 Å². The van der Waals surface area contributed by atoms with Crippen molar-refractivity contribution in [1.82, 2.24) is 10.2 Å². The molecule has 2 aromatic carbocycles. The van der Waals surface area contributed by atoms with E-state index >= 15 is 0 Å². The van der Waals surface area contributed by atoms with E-state index < -0.39 is 0 Å². The number of likely N-dealkylation sites (tertiary alicyclic amines) is 1. The molecule has 1 fully saturated rings. The summed E-state index contributed by atoms with van der Waals surface area (Å²) in [5, 5.41) is 7.05. The second kappa shape index (κ2) is 11.8. The summed E-state index contributed by atoms with van der Waals surface area (Å²) >= 11 is 12.7. The van der Waals surface area contributed by atoms with Gasteiger partial charge in [0.25, 0.3) is 5.91 Å². The molecule has 0 radical (unpaired) electrons. The van der Waals surface area contributed by atoms with Crippen LogP contribution >= 0.6 is 23.2 Å². The number of nitrogens with zero attached hydrogens (tertiary/aromatic N) is 4. The minimum absolute atomic E-state index is 0.0172. The summed E-state index contributed by atoms with van der Waals surface area (Å²) in [6, 6.07) is 11.2. The molecule has 4 rings (SSSR count). The monoisotopic (exact) mass is 528 g/mol. The molecular formula is C26H30Cl2N6O2. The number of ether oxygens (including phenoxy) is 1. The first kappa shape index (κ1) is 26.0. The summed E-state index contributed by atoms with van der Waals surface area (Å²) in [5.41, 5.74) is 2.88. The highest BCUT2D eigenvalue weighted by molar-refractivity contribution is 6.40. The summed E-state index contributed by atoms with van der Waals surface area (Å²) in [6.07, 6.45) is 5.20. The molecule has 1 saturated heterocycles. The summed E-state index contributed by atoms with van der Waals surface area (Å²) in [5.74, 6) is 1.47. The van der Waals surface area contributed by atoms with Crippen LogP contribution in [0.25, 0.3) is 0 Å². The summed E-state index contributed by atoms with van der Waals surface area (Å²) < 4.78 is 5.72. The van der Waals surface area contributed by atoms with E-state index in [4.69, 9.17) is 27.9 Å². The highest BCUT2D eigenvalue weighted by Crippen LogP contribution is 2.36. The SMILES string of the molecule is COc1cc(NC2=N/C=N/CN(c3c(Cl)cccc3Cl)C(=O)/C(C)=C/N2)ccc1C1CCN(C)CC1. The van der Waals surface area contributed by atoms with Gasteiger partial charge in [-0.1, -0.05) is 35.3 Å². The second-order valence-corrected chi connectivity index (χ2v) is 9.67. The number of benzene rings is 2. The first-order valence-corrected chi connectivity index (χ1v) is 12.5. The minimum Gasteiger partial charge on any atom is -0.496 e. The van der Waals surface area contributed by atoms with E-state index in [0.717, 1.165) is 37.4 Å². The first-order valence-electron chi connectivity index (χ1n) is 11.8. The van der Waals surface area contributed by atoms with Gasteiger partial charge >= 0.3 is 0 Å². The Hall–Kier alpha value is -3.07. The predicted molar refractivity (Wildman–Crippen MR) is 148 cm³/mol. The van der Waals surface area contributed by atoms with Crippen LogP contribution in [-0.4, -0.2) is 57.0 Å². The lowest BCUT2D eigenvalue weighted by molar-refractivity contribution is -0.115. The van der Waals surface area contributed by atoms with Gasteiger partial charge in [0, 0.05) is 23.5 Å². The van der Waals surface area contributed by atoms with E-state index in [1.54, 1.807) is 38.4 Å². The summed E-state index contributed by atoms with van der Waals surface area (Å²) in [6.45, 7) is 3.88. The molecule has 0 aromatic heterocycles. The van der Waals surface area contributed by atoms with E-state index in [0.29, 0.717) is 33.2 Å². The quantitative estimate of drug-likeness (QED) is 0.576. The average Bonchev–Trinajstić information content (AvgIpc) is 2.87. The van der Waals surface area contributed by atoms with E-state index in [9.17, 15) is 4.79 Å². The fourth-order valence-corrected chi connectivity index (χ4v) is 4.94. The number of aliphatic imine (C=N–C) groups is 2. The molecule has 2 aliphatic rings. The van der Waals surface area contributed by atoms with Crippen molar-refractivity contribution >= 4 is 52.8 Å². The van der Waals surface area contributed by atoms with Gasteiger partial charge in [-0.15, -0.1) is 0 Å². The molecule has 2 aliphatic heterocycles. The number of halogens is 2. The molecule has 8 nitrogen and oxygen atoms in total. The Labute approximate surface area is 221 Å². The van der Waals surface area contributed by atoms with Crippen LogP contribution in [0.3, 0.4) is 0 Å². The fraction of sp³-hybridized carbons (Fsp3) is 0.346. The van der Waals surface area contributed by atoms with Crippen LogP contribution in [0.1, 0.15) is 31.2 Å². The predicted octanol–water partition coefficient (Wildman–Crippen LogP) is 5.11. The Morgan fingerprint density at radius 2 is 1.86 bits per heavy atom. The number of methoxy groups -OCH3 is 1. The number of amides is 1. The highest BCUT2D eigenvalue weighted by atomic mass is 35.5. The molecule has 0 unspecified atom stereocenters. The van der Waals surface area contributed by atoms with Crippen LogP contribution < -0.4 is 20.3 Å². The summed E-state index contributed by atoms with van der Waals surface area (Å²) in [7, 11) is 3.85. The van der Waals surface area contributed by atoms with E-state index in [-0.39, 0.29) is 12.6 Å². The Balaban J connectivity index is 1.54. The first-order chi connectivity index (χ1) is 17.4. The molecular weight excluding hydrogens is 499 g/mol. The van der Waals surface area contributed by atoms with Crippen LogP contribution in [0.4, 0.5) is 11.4 Å². The zero-order valence-electron chi connectivity index (χ0n) is 20.6. The molecule has 0 bridgehead atoms. The molecule has 1 amide bonds. The number of guanidine groups is 1. The van der Waals surface area contributed by atoms with E-state index in [1.807, 2.05) is 12.1 Å². The molecule has 190 valence electrons. The smallest absolute Gasteiger partial charge is 0.257 e. The van der Waals surface area contributed by atoms with Gasteiger partial charge in [0.15, 0.2) is 0 Å². The Bertz CT molecular complexity index is 1180. The van der Waals surface area contributed by atoms with Gasteiger partial charge in [0.1, 0.15) is 18.8 Å². The maximum Gasteiger partial charge on any atom is 0.257 e. The second-order valence-electron chi connectivity index (χ2n) is 8.85. The van der Waals surface area contributed by atoms with Gasteiger partial charge in [0.2, 0.25) is 5.96 Å². The van der Waals surface area contributed by atoms with Gasteiger partial charge in [-0.25, -0.2) is 4.99 Å². The van der Waals surface area contributed by atoms with Crippen molar-refractivity contribution in [1.29, 1.82) is 0 Å². The lowest BCUT2D eigenvalue weighted by Gasteiger charge is -2.30. The average molecular weight is 529 g/mol. The number of carbonyl (C=O) groups excluding carboxylic acids is 1. The standard InChI is InChI=1S/C26H30Cl2N6O2/c1-17-14-30-26(31-15-29-16-34(25(17)35)24-21(27)5-4-6-22(24)28)32-19-7-8-20(23(13-19)36-3)18-9-11-33(2)12-10-18/h4-8,13-15,18H,9-12,16H2,1-3H3,(H2,29,30,31,32)/b17-14+. The van der Waals surface area contributed by atoms with Crippen LogP contribution in [0.15, 0.2) is 58.2 Å². The summed E-state index contributed by atoms with van der Waals surface area (Å²) in [4.78, 5) is 25.7. The van der Waals surface area contributed by atoms with Crippen molar-refractivity contribution in [2.75, 3.05) is 44.1 Å². The van der Waals surface area contributed by atoms with Crippen molar-refractivity contribution < 1.29 is 9.53 Å². The zero-order chi connectivity index (χ0) is 25.7. The Morgan fingerprint density at radius 3 is 2.56 bits per heavy atom. The van der Waals surface area contributed by atoms with Crippen LogP contribution in [0.5, 0.6) is 5.75 Å². The lowest BCUT2D eigenvalue weighted by atomic mass is 9.89. The lowest BCUT2D eigenvalue weighted by Crippen LogP contribution is -2.35. The molecule has 0 aliphatic carbocycles. The van der Waals surface area contributed by atoms with Crippen LogP contribution in [0.2, 0.25) is 10.0 Å². The molecule has 2 aromatic rings. The Morgan fingerprint density at radius 1 is 1.14 bits per heavy atom. The largest absolute Gasteiger partial charge is 0.496 e. The van der Waals surface area contributed by atoms with Gasteiger partial charge in [0.05, 0.1) is 22.8 Å². The number of para-hydroxylation sites is 1. The van der Waals surface area contributed by atoms with Crippen molar-refractivity contribution in [2.24, 2.45) is 9.98 Å². The van der Waals surface area contributed by atoms with Crippen LogP contribution in [-0.2, 0) is 4.79 Å². The van der Waals surface area contributed by atoms with Crippen molar-refractivity contribution in [3.63, 3.8) is 0 Å². The topological polar surface area (TPSA) is 81.6 Å². The number of nitrogens with one attached hydrogen (secondary N) is 2. The van der Waals surface area contributed by atoms with Gasteiger partial charge in [-0.3, -0.25) is 14.7 Å². The number of carbonyl (C=O) groups is 1. The molecule has 0 atom stereocenters. The zero-order valence-corrected chi connectivity index (χ0v) is 22.1. The number of hydrogen-bond donors (Lipinski definition) is 2. The number of rotatable bonds is 4. The highest BCUT2D eigenvalue weighted by Gasteiger charge is 2.23. The normalized spacial score (nSPS) is 20.1. The maximum atomic E-state index is 13.2. The van der Waals surface area contributed by atoms with Crippen molar-refractivity contribution in [3.05, 3.63) is 63.8 Å². The molecule has 2 N–H and O–H groups in total. The van der Waals surface area contributed by atoms with Gasteiger partial charge in [-0.2, -0.15) is 0 Å². The molecule has 0 spiro atoms. The third-order valence-corrected chi connectivity index (χ3v) is 6.97. The molecule has 2 heterocycles. The molecule has 10 heteroatoms. The van der Waals surface area contributed by atoms with E-state index in [2.05, 4.69) is 38.6 Å². The van der Waals surface area contributed by atoms with Gasteiger partial charge < -0.3 is 20.3 Å². The molecule has 36 heavy (non-hydrogen) atoms. The van der Waals surface area contributed by atoms with E-state index in [1.165, 1.54) is 16.8 Å². The third kappa shape index (κ3) is 6.00. The van der Waals surface area contributed by atoms with Crippen molar-refractivity contribution in [2.45, 2.75) is 25.7 Å². The maximum absolute atomic E-state index is 13.2. The third-order valence-electron chi connectivity index (χ3n) is 6.36. The Kier molecular flexibility index (Phi) is 8.51. The minimum atomic E-state index is -0.278. The number of piperidine rings is 1. The fourth-order valence-electron chi connectivity index (χ4n) is 4.34. The van der Waals surface area contributed by atoms with Crippen molar-refractivity contribution in [3.8, 4) is 5.75 Å². The van der Waals surface area contributed by atoms with Gasteiger partial charge in [-0.05, 0) is 69.6 Å². The number of anilines is 2. The number of hydrogen-bond acceptors (Lipinski definition) is 7. The molecule has 0 saturated carbocycles.